The quantitative estimate of drug-likeness (QED) is 0.244. The third-order valence-corrected chi connectivity index (χ3v) is 7.21. The number of aliphatic hydroxyl groups excluding tert-OH is 2. The number of aliphatic hydroxyl groups is 2. The molecule has 6 N–H and O–H groups in total. The van der Waals surface area contributed by atoms with Gasteiger partial charge in [0.1, 0.15) is 36.1 Å². The van der Waals surface area contributed by atoms with Gasteiger partial charge in [-0.2, -0.15) is 0 Å². The molecule has 2 aromatic heterocycles. The molecule has 11 nitrogen and oxygen atoms in total. The second-order valence-electron chi connectivity index (χ2n) is 11.4. The Morgan fingerprint density at radius 3 is 2.50 bits per heavy atom. The van der Waals surface area contributed by atoms with Crippen molar-refractivity contribution in [2.45, 2.75) is 77.0 Å². The van der Waals surface area contributed by atoms with Crippen LogP contribution in [0.25, 0.3) is 11.0 Å². The van der Waals surface area contributed by atoms with Crippen LogP contribution in [0, 0.1) is 0 Å². The summed E-state index contributed by atoms with van der Waals surface area (Å²) in [5, 5.41) is 28.0. The Hall–Kier alpha value is -2.96. The van der Waals surface area contributed by atoms with Crippen molar-refractivity contribution >= 4 is 41.0 Å². The predicted octanol–water partition coefficient (Wildman–Crippen LogP) is 3.27. The second-order valence-corrected chi connectivity index (χ2v) is 11.4. The van der Waals surface area contributed by atoms with Crippen LogP contribution in [0.1, 0.15) is 52.8 Å². The summed E-state index contributed by atoms with van der Waals surface area (Å²) in [6.45, 7) is 12.2. The Morgan fingerprint density at radius 1 is 1.15 bits per heavy atom. The van der Waals surface area contributed by atoms with Gasteiger partial charge in [0.15, 0.2) is 6.23 Å². The summed E-state index contributed by atoms with van der Waals surface area (Å²) in [4.78, 5) is 22.8. The van der Waals surface area contributed by atoms with E-state index in [0.717, 1.165) is 5.69 Å². The van der Waals surface area contributed by atoms with E-state index >= 15 is 0 Å². The third-order valence-electron chi connectivity index (χ3n) is 7.21. The topological polar surface area (TPSA) is 151 Å². The van der Waals surface area contributed by atoms with Gasteiger partial charge in [0.05, 0.1) is 5.39 Å². The fourth-order valence-corrected chi connectivity index (χ4v) is 4.81. The lowest BCUT2D eigenvalue weighted by Gasteiger charge is -2.30. The predicted molar refractivity (Wildman–Crippen MR) is 159 cm³/mol. The number of anilines is 2. The first-order chi connectivity index (χ1) is 18.5. The smallest absolute Gasteiger partial charge is 0.319 e. The van der Waals surface area contributed by atoms with E-state index in [1.165, 1.54) is 11.9 Å². The van der Waals surface area contributed by atoms with Gasteiger partial charge in [-0.25, -0.2) is 14.8 Å². The number of benzene rings is 1. The highest BCUT2D eigenvalue weighted by atomic mass is 35.5. The number of halogens is 1. The SMILES string of the molecule is CC(C)N(CCCNC(=O)Nc1ccc(C(C)(C)C)cc1)C[C@H]1O[C@@H](n2ccc3c(N)ncnc32)[C@H](O)[C@@H]1O.Cl. The molecule has 220 valence electrons. The van der Waals surface area contributed by atoms with Gasteiger partial charge < -0.3 is 35.9 Å². The summed E-state index contributed by atoms with van der Waals surface area (Å²) in [7, 11) is 0. The molecule has 1 aliphatic heterocycles. The Kier molecular flexibility index (Phi) is 10.4. The zero-order valence-electron chi connectivity index (χ0n) is 23.7. The number of nitrogens with one attached hydrogen (secondary N) is 2. The number of rotatable bonds is 9. The molecule has 0 unspecified atom stereocenters. The van der Waals surface area contributed by atoms with Crippen LogP contribution in [-0.2, 0) is 10.2 Å². The zero-order chi connectivity index (χ0) is 28.3. The summed E-state index contributed by atoms with van der Waals surface area (Å²) in [5.74, 6) is 0.343. The van der Waals surface area contributed by atoms with Gasteiger partial charge in [-0.15, -0.1) is 12.4 Å². The van der Waals surface area contributed by atoms with Gasteiger partial charge in [-0.3, -0.25) is 4.90 Å². The first-order valence-corrected chi connectivity index (χ1v) is 13.4. The summed E-state index contributed by atoms with van der Waals surface area (Å²) >= 11 is 0. The molecule has 0 radical (unpaired) electrons. The van der Waals surface area contributed by atoms with Crippen LogP contribution in [0.3, 0.4) is 0 Å². The highest BCUT2D eigenvalue weighted by Crippen LogP contribution is 2.33. The van der Waals surface area contributed by atoms with Gasteiger partial charge in [-0.1, -0.05) is 32.9 Å². The Balaban J connectivity index is 0.00000441. The summed E-state index contributed by atoms with van der Waals surface area (Å²) < 4.78 is 7.82. The number of urea groups is 1. The molecule has 1 aromatic carbocycles. The molecule has 3 heterocycles. The van der Waals surface area contributed by atoms with Crippen LogP contribution in [0.15, 0.2) is 42.9 Å². The number of ether oxygens (including phenoxy) is 1. The monoisotopic (exact) mass is 575 g/mol. The Labute approximate surface area is 241 Å². The van der Waals surface area contributed by atoms with Crippen molar-refractivity contribution in [2.24, 2.45) is 0 Å². The lowest BCUT2D eigenvalue weighted by atomic mass is 9.87. The highest BCUT2D eigenvalue weighted by Gasteiger charge is 2.44. The van der Waals surface area contributed by atoms with E-state index in [1.807, 2.05) is 24.3 Å². The van der Waals surface area contributed by atoms with Crippen LogP contribution in [0.2, 0.25) is 0 Å². The molecule has 1 saturated heterocycles. The number of hydrogen-bond donors (Lipinski definition) is 5. The molecule has 4 atom stereocenters. The number of fused-ring (bicyclic) bond motifs is 1. The van der Waals surface area contributed by atoms with E-state index in [2.05, 4.69) is 60.1 Å². The molecular formula is C28H42ClN7O4. The fraction of sp³-hybridized carbons (Fsp3) is 0.536. The maximum Gasteiger partial charge on any atom is 0.319 e. The number of aromatic nitrogens is 3. The molecule has 1 fully saturated rings. The third kappa shape index (κ3) is 7.21. The number of hydrogen-bond acceptors (Lipinski definition) is 8. The van der Waals surface area contributed by atoms with Crippen molar-refractivity contribution in [1.82, 2.24) is 24.8 Å². The van der Waals surface area contributed by atoms with Crippen LogP contribution < -0.4 is 16.4 Å². The lowest BCUT2D eigenvalue weighted by Crippen LogP contribution is -2.44. The molecule has 0 aliphatic carbocycles. The molecular weight excluding hydrogens is 534 g/mol. The van der Waals surface area contributed by atoms with Crippen molar-refractivity contribution in [1.29, 1.82) is 0 Å². The zero-order valence-corrected chi connectivity index (χ0v) is 24.6. The van der Waals surface area contributed by atoms with Crippen LogP contribution >= 0.6 is 12.4 Å². The number of nitrogen functional groups attached to an aromatic ring is 1. The molecule has 40 heavy (non-hydrogen) atoms. The van der Waals surface area contributed by atoms with Gasteiger partial charge >= 0.3 is 6.03 Å². The number of carbonyl (C=O) groups excluding carboxylic acids is 1. The molecule has 3 aromatic rings. The van der Waals surface area contributed by atoms with Gasteiger partial charge in [0, 0.05) is 37.6 Å². The lowest BCUT2D eigenvalue weighted by molar-refractivity contribution is -0.0465. The summed E-state index contributed by atoms with van der Waals surface area (Å²) in [6.07, 6.45) is 0.210. The highest BCUT2D eigenvalue weighted by molar-refractivity contribution is 5.89. The van der Waals surface area contributed by atoms with Crippen molar-refractivity contribution in [2.75, 3.05) is 30.7 Å². The van der Waals surface area contributed by atoms with Crippen molar-refractivity contribution in [3.05, 3.63) is 48.4 Å². The number of nitrogens with two attached hydrogens (primary N) is 1. The minimum atomic E-state index is -1.13. The summed E-state index contributed by atoms with van der Waals surface area (Å²) in [6, 6.07) is 9.57. The minimum absolute atomic E-state index is 0. The molecule has 2 amide bonds. The van der Waals surface area contributed by atoms with E-state index in [9.17, 15) is 15.0 Å². The van der Waals surface area contributed by atoms with Crippen molar-refractivity contribution < 1.29 is 19.7 Å². The second kappa shape index (κ2) is 13.1. The summed E-state index contributed by atoms with van der Waals surface area (Å²) in [5.41, 5.74) is 8.48. The number of amides is 2. The van der Waals surface area contributed by atoms with Crippen LogP contribution in [0.5, 0.6) is 0 Å². The molecule has 12 heteroatoms. The van der Waals surface area contributed by atoms with Gasteiger partial charge in [0.25, 0.3) is 0 Å². The molecule has 1 aliphatic rings. The maximum absolute atomic E-state index is 12.4. The van der Waals surface area contributed by atoms with E-state index < -0.39 is 24.5 Å². The van der Waals surface area contributed by atoms with E-state index in [4.69, 9.17) is 10.5 Å². The standard InChI is InChI=1S/C28H41N7O4.ClH/c1-17(2)34(13-6-12-30-27(38)33-19-9-7-18(8-10-19)28(3,4)5)15-21-22(36)23(37)26(39-21)35-14-11-20-24(29)31-16-32-25(20)35;/h7-11,14,16-17,21-23,26,36-37H,6,12-13,15H2,1-5H3,(H2,29,31,32)(H2,30,33,38);1H/t21-,22-,23-,26-;/m1./s1. The molecule has 4 rings (SSSR count). The van der Waals surface area contributed by atoms with Crippen molar-refractivity contribution in [3.8, 4) is 0 Å². The number of nitrogens with zero attached hydrogens (tertiary/aromatic N) is 4. The normalized spacial score (nSPS) is 21.1. The van der Waals surface area contributed by atoms with Gasteiger partial charge in [0.2, 0.25) is 0 Å². The number of carbonyl (C=O) groups is 1. The van der Waals surface area contributed by atoms with Crippen molar-refractivity contribution in [3.63, 3.8) is 0 Å². The van der Waals surface area contributed by atoms with Gasteiger partial charge in [-0.05, 0) is 49.4 Å². The van der Waals surface area contributed by atoms with E-state index in [-0.39, 0.29) is 29.9 Å². The van der Waals surface area contributed by atoms with E-state index in [0.29, 0.717) is 42.9 Å². The van der Waals surface area contributed by atoms with E-state index in [1.54, 1.807) is 16.8 Å². The Morgan fingerprint density at radius 2 is 1.85 bits per heavy atom. The first kappa shape index (κ1) is 31.6. The average molecular weight is 576 g/mol. The molecule has 0 spiro atoms. The minimum Gasteiger partial charge on any atom is -0.387 e. The van der Waals surface area contributed by atoms with Crippen LogP contribution in [-0.4, -0.2) is 79.7 Å². The fourth-order valence-electron chi connectivity index (χ4n) is 4.81. The van der Waals surface area contributed by atoms with Crippen LogP contribution in [0.4, 0.5) is 16.3 Å². The largest absolute Gasteiger partial charge is 0.387 e. The molecule has 0 bridgehead atoms. The first-order valence-electron chi connectivity index (χ1n) is 13.4. The Bertz CT molecular complexity index is 1260. The average Bonchev–Trinajstić information content (AvgIpc) is 3.42. The maximum atomic E-state index is 12.4. The molecule has 0 saturated carbocycles.